The lowest BCUT2D eigenvalue weighted by Crippen LogP contribution is -2.51. The van der Waals surface area contributed by atoms with Crippen LogP contribution in [0.1, 0.15) is 72.1 Å². The molecule has 4 atom stereocenters. The van der Waals surface area contributed by atoms with E-state index >= 15 is 0 Å². The van der Waals surface area contributed by atoms with Gasteiger partial charge in [0.15, 0.2) is 5.78 Å². The molecule has 6 rings (SSSR count). The van der Waals surface area contributed by atoms with Crippen LogP contribution >= 0.6 is 0 Å². The van der Waals surface area contributed by atoms with E-state index in [0.717, 1.165) is 63.1 Å². The van der Waals surface area contributed by atoms with Gasteiger partial charge in [0.25, 0.3) is 0 Å². The van der Waals surface area contributed by atoms with Gasteiger partial charge < -0.3 is 19.9 Å². The fraction of sp³-hybridized carbons (Fsp3) is 0.600. The average Bonchev–Trinajstić information content (AvgIpc) is 3.34. The van der Waals surface area contributed by atoms with Crippen molar-refractivity contribution in [1.82, 2.24) is 20.2 Å². The van der Waals surface area contributed by atoms with Crippen LogP contribution in [-0.4, -0.2) is 72.6 Å². The minimum Gasteiger partial charge on any atom is -0.462 e. The minimum absolute atomic E-state index is 0.0807. The first kappa shape index (κ1) is 25.3. The summed E-state index contributed by atoms with van der Waals surface area (Å²) in [6.07, 6.45) is 5.93. The van der Waals surface area contributed by atoms with Gasteiger partial charge in [0, 0.05) is 42.7 Å². The maximum Gasteiger partial charge on any atom is 0.319 e. The molecule has 4 aliphatic rings. The molecule has 0 saturated carbocycles. The molecule has 1 N–H and O–H groups in total. The molecule has 200 valence electrons. The third-order valence-electron chi connectivity index (χ3n) is 9.30. The van der Waals surface area contributed by atoms with E-state index in [0.29, 0.717) is 43.2 Å². The molecule has 3 heterocycles. The predicted octanol–water partition coefficient (Wildman–Crippen LogP) is 3.51. The fourth-order valence-corrected chi connectivity index (χ4v) is 7.22. The molecule has 2 aliphatic heterocycles. The highest BCUT2D eigenvalue weighted by molar-refractivity contribution is 6.02. The zero-order valence-electron chi connectivity index (χ0n) is 22.6. The zero-order valence-corrected chi connectivity index (χ0v) is 22.6. The number of hydrogen-bond acceptors (Lipinski definition) is 8. The molecule has 2 fully saturated rings. The topological polar surface area (TPSA) is 94.4 Å². The summed E-state index contributed by atoms with van der Waals surface area (Å²) >= 11 is 0. The van der Waals surface area contributed by atoms with Gasteiger partial charge in [-0.05, 0) is 69.2 Å². The quantitative estimate of drug-likeness (QED) is 0.648. The summed E-state index contributed by atoms with van der Waals surface area (Å²) in [7, 11) is 2.13. The van der Waals surface area contributed by atoms with Crippen LogP contribution in [0.2, 0.25) is 0 Å². The van der Waals surface area contributed by atoms with Gasteiger partial charge in [0.1, 0.15) is 18.1 Å². The van der Waals surface area contributed by atoms with E-state index in [9.17, 15) is 10.1 Å². The fourth-order valence-electron chi connectivity index (χ4n) is 7.22. The molecule has 1 unspecified atom stereocenters. The summed E-state index contributed by atoms with van der Waals surface area (Å²) in [6, 6.07) is 11.6. The number of anilines is 1. The molecule has 2 aliphatic carbocycles. The van der Waals surface area contributed by atoms with Gasteiger partial charge in [-0.3, -0.25) is 4.79 Å². The summed E-state index contributed by atoms with van der Waals surface area (Å²) in [5.74, 6) is 1.30. The molecule has 2 aromatic rings. The lowest BCUT2D eigenvalue weighted by molar-refractivity contribution is 0.0698. The summed E-state index contributed by atoms with van der Waals surface area (Å²) in [6.45, 7) is 6.09. The maximum atomic E-state index is 14.4. The van der Waals surface area contributed by atoms with Crippen LogP contribution in [0.4, 0.5) is 5.82 Å². The van der Waals surface area contributed by atoms with E-state index in [2.05, 4.69) is 59.4 Å². The Morgan fingerprint density at radius 2 is 2.13 bits per heavy atom. The molecule has 8 nitrogen and oxygen atoms in total. The molecule has 1 aromatic heterocycles. The number of piperazine rings is 1. The molecule has 1 aromatic carbocycles. The van der Waals surface area contributed by atoms with Crippen LogP contribution in [0.15, 0.2) is 24.3 Å². The van der Waals surface area contributed by atoms with Gasteiger partial charge in [0.05, 0.1) is 12.5 Å². The Labute approximate surface area is 225 Å². The van der Waals surface area contributed by atoms with Gasteiger partial charge in [-0.2, -0.15) is 15.2 Å². The van der Waals surface area contributed by atoms with Crippen molar-refractivity contribution < 1.29 is 9.53 Å². The van der Waals surface area contributed by atoms with Crippen LogP contribution in [0.3, 0.4) is 0 Å². The summed E-state index contributed by atoms with van der Waals surface area (Å²) in [5.41, 5.74) is 3.74. The van der Waals surface area contributed by atoms with Crippen molar-refractivity contribution in [2.24, 2.45) is 5.41 Å². The summed E-state index contributed by atoms with van der Waals surface area (Å²) < 4.78 is 6.22. The first-order valence-corrected chi connectivity index (χ1v) is 14.2. The number of likely N-dealkylation sites (tertiary alicyclic amines) is 1. The Kier molecular flexibility index (Phi) is 6.83. The Morgan fingerprint density at radius 3 is 2.95 bits per heavy atom. The highest BCUT2D eigenvalue weighted by Gasteiger charge is 2.48. The third kappa shape index (κ3) is 4.56. The monoisotopic (exact) mass is 514 g/mol. The largest absolute Gasteiger partial charge is 0.462 e. The van der Waals surface area contributed by atoms with Gasteiger partial charge >= 0.3 is 6.01 Å². The number of aromatic nitrogens is 2. The molecule has 8 heteroatoms. The van der Waals surface area contributed by atoms with Crippen molar-refractivity contribution in [2.45, 2.75) is 69.9 Å². The maximum absolute atomic E-state index is 14.4. The normalized spacial score (nSPS) is 29.1. The van der Waals surface area contributed by atoms with Crippen LogP contribution in [0, 0.1) is 16.7 Å². The highest BCUT2D eigenvalue weighted by atomic mass is 16.5. The number of benzene rings is 1. The van der Waals surface area contributed by atoms with Gasteiger partial charge in [-0.1, -0.05) is 31.2 Å². The first-order valence-electron chi connectivity index (χ1n) is 14.2. The number of carbonyl (C=O) groups is 1. The smallest absolute Gasteiger partial charge is 0.319 e. The zero-order chi connectivity index (χ0) is 26.3. The van der Waals surface area contributed by atoms with E-state index in [4.69, 9.17) is 14.7 Å². The summed E-state index contributed by atoms with van der Waals surface area (Å²) in [4.78, 5) is 28.7. The molecule has 0 bridgehead atoms. The van der Waals surface area contributed by atoms with Gasteiger partial charge in [-0.25, -0.2) is 0 Å². The Morgan fingerprint density at radius 1 is 1.26 bits per heavy atom. The van der Waals surface area contributed by atoms with Crippen LogP contribution in [0.25, 0.3) is 0 Å². The van der Waals surface area contributed by atoms with Crippen LogP contribution in [0.5, 0.6) is 6.01 Å². The van der Waals surface area contributed by atoms with Crippen molar-refractivity contribution >= 4 is 11.6 Å². The number of ketones is 1. The number of nitriles is 1. The average molecular weight is 515 g/mol. The number of Topliss-reactive ketones (excluding diaryl/α,β-unsaturated/α-hetero) is 1. The molecule has 1 spiro atoms. The van der Waals surface area contributed by atoms with Crippen molar-refractivity contribution in [3.63, 3.8) is 0 Å². The second-order valence-corrected chi connectivity index (χ2v) is 11.8. The number of hydrogen-bond donors (Lipinski definition) is 1. The molecule has 38 heavy (non-hydrogen) atoms. The lowest BCUT2D eigenvalue weighted by atomic mass is 9.60. The molecule has 0 radical (unpaired) electrons. The van der Waals surface area contributed by atoms with E-state index in [-0.39, 0.29) is 11.8 Å². The molecular weight excluding hydrogens is 476 g/mol. The number of carbonyl (C=O) groups excluding carboxylic acids is 1. The third-order valence-corrected chi connectivity index (χ3v) is 9.30. The van der Waals surface area contributed by atoms with Gasteiger partial charge in [-0.15, -0.1) is 0 Å². The van der Waals surface area contributed by atoms with E-state index < -0.39 is 5.41 Å². The summed E-state index contributed by atoms with van der Waals surface area (Å²) in [5, 5.41) is 12.7. The first-order chi connectivity index (χ1) is 18.5. The number of rotatable bonds is 5. The number of likely N-dealkylation sites (N-methyl/N-ethyl adjacent to an activating group) is 1. The number of ether oxygens (including phenoxy) is 1. The Hall–Kier alpha value is -3.02. The van der Waals surface area contributed by atoms with Crippen molar-refractivity contribution in [1.29, 1.82) is 5.26 Å². The van der Waals surface area contributed by atoms with Crippen LogP contribution in [-0.2, 0) is 12.8 Å². The van der Waals surface area contributed by atoms with E-state index in [1.54, 1.807) is 0 Å². The van der Waals surface area contributed by atoms with Crippen molar-refractivity contribution in [3.8, 4) is 12.1 Å². The Bertz CT molecular complexity index is 1260. The van der Waals surface area contributed by atoms with Crippen molar-refractivity contribution in [2.75, 3.05) is 44.7 Å². The van der Waals surface area contributed by atoms with Gasteiger partial charge in [0.2, 0.25) is 0 Å². The second kappa shape index (κ2) is 10.3. The second-order valence-electron chi connectivity index (χ2n) is 11.8. The highest BCUT2D eigenvalue weighted by Crippen LogP contribution is 2.50. The lowest BCUT2D eigenvalue weighted by Gasteiger charge is -2.43. The Balaban J connectivity index is 1.35. The SMILES string of the molecule is CC1C[C@@]2(CCc3c(nc(OC[C@@H]4CCCN4C)nc3N3CCN[C@@H](CC#N)C3)C2=O)Cc2ccccc21. The molecular formula is C30H38N6O2. The predicted molar refractivity (Wildman–Crippen MR) is 146 cm³/mol. The molecule has 2 saturated heterocycles. The molecule has 0 amide bonds. The number of nitrogens with zero attached hydrogens (tertiary/aromatic N) is 5. The standard InChI is InChI=1S/C30H38N6O2/c1-20-16-30(17-21-6-3-4-8-24(20)21)11-9-25-26(27(30)37)33-29(38-19-23-7-5-14-35(23)2)34-28(25)36-15-13-32-22(18-36)10-12-31/h3-4,6,8,20,22-23,32H,5,7,9-11,13-19H2,1-2H3/t20?,22-,23-,30-/m0/s1. The van der Waals surface area contributed by atoms with E-state index in [1.807, 2.05) is 0 Å². The van der Waals surface area contributed by atoms with Crippen LogP contribution < -0.4 is 15.0 Å². The van der Waals surface area contributed by atoms with E-state index in [1.165, 1.54) is 17.5 Å². The number of fused-ring (bicyclic) bond motifs is 2. The van der Waals surface area contributed by atoms with Crippen molar-refractivity contribution in [3.05, 3.63) is 46.6 Å². The number of nitrogens with one attached hydrogen (secondary N) is 1. The minimum atomic E-state index is -0.428.